The average molecular weight is 281 g/mol. The molecule has 2 aromatic rings. The number of nitrogens with one attached hydrogen (secondary N) is 1. The van der Waals surface area contributed by atoms with Crippen LogP contribution < -0.4 is 16.0 Å². The number of hydrogen-bond donors (Lipinski definition) is 2. The van der Waals surface area contributed by atoms with Crippen LogP contribution in [0.3, 0.4) is 0 Å². The van der Waals surface area contributed by atoms with Crippen LogP contribution in [0.4, 0.5) is 17.1 Å². The number of amides is 1. The van der Waals surface area contributed by atoms with Crippen molar-refractivity contribution in [2.24, 2.45) is 0 Å². The van der Waals surface area contributed by atoms with E-state index in [2.05, 4.69) is 28.4 Å². The van der Waals surface area contributed by atoms with E-state index in [0.29, 0.717) is 11.3 Å². The fourth-order valence-corrected chi connectivity index (χ4v) is 2.87. The van der Waals surface area contributed by atoms with E-state index in [4.69, 9.17) is 5.73 Å². The van der Waals surface area contributed by atoms with Crippen LogP contribution in [0.1, 0.15) is 22.3 Å². The van der Waals surface area contributed by atoms with Gasteiger partial charge in [-0.3, -0.25) is 4.79 Å². The van der Waals surface area contributed by atoms with Crippen molar-refractivity contribution >= 4 is 23.0 Å². The van der Waals surface area contributed by atoms with Gasteiger partial charge < -0.3 is 16.0 Å². The maximum Gasteiger partial charge on any atom is 0.251 e. The predicted octanol–water partition coefficient (Wildman–Crippen LogP) is 2.71. The third-order valence-electron chi connectivity index (χ3n) is 3.92. The third-order valence-corrected chi connectivity index (χ3v) is 3.92. The molecule has 1 heterocycles. The second kappa shape index (κ2) is 5.48. The molecule has 0 saturated heterocycles. The number of fused-ring (bicyclic) bond motifs is 1. The summed E-state index contributed by atoms with van der Waals surface area (Å²) >= 11 is 0. The van der Waals surface area contributed by atoms with Crippen molar-refractivity contribution in [1.82, 2.24) is 5.32 Å². The first-order valence-corrected chi connectivity index (χ1v) is 7.18. The minimum absolute atomic E-state index is 0.118. The molecule has 1 amide bonds. The number of anilines is 3. The molecule has 4 heteroatoms. The van der Waals surface area contributed by atoms with Crippen LogP contribution in [0.5, 0.6) is 0 Å². The summed E-state index contributed by atoms with van der Waals surface area (Å²) in [5.74, 6) is -0.118. The first kappa shape index (κ1) is 13.5. The molecule has 1 aliphatic rings. The van der Waals surface area contributed by atoms with Crippen LogP contribution in [0.2, 0.25) is 0 Å². The van der Waals surface area contributed by atoms with E-state index in [0.717, 1.165) is 25.1 Å². The zero-order chi connectivity index (χ0) is 14.8. The lowest BCUT2D eigenvalue weighted by Gasteiger charge is -2.32. The lowest BCUT2D eigenvalue weighted by atomic mass is 10.0. The Balaban J connectivity index is 2.00. The molecule has 0 aliphatic carbocycles. The van der Waals surface area contributed by atoms with E-state index in [9.17, 15) is 4.79 Å². The van der Waals surface area contributed by atoms with E-state index in [1.807, 2.05) is 18.2 Å². The van der Waals surface area contributed by atoms with Crippen LogP contribution >= 0.6 is 0 Å². The number of aryl methyl sites for hydroxylation is 1. The highest BCUT2D eigenvalue weighted by Gasteiger charge is 2.20. The van der Waals surface area contributed by atoms with Gasteiger partial charge in [-0.25, -0.2) is 0 Å². The van der Waals surface area contributed by atoms with Crippen LogP contribution in [-0.2, 0) is 6.42 Å². The zero-order valence-corrected chi connectivity index (χ0v) is 12.1. The maximum atomic E-state index is 11.7. The summed E-state index contributed by atoms with van der Waals surface area (Å²) in [6.45, 7) is 0.945. The van der Waals surface area contributed by atoms with Crippen LogP contribution in [0.15, 0.2) is 42.5 Å². The van der Waals surface area contributed by atoms with Gasteiger partial charge in [0.15, 0.2) is 0 Å². The number of carbonyl (C=O) groups excluding carboxylic acids is 1. The van der Waals surface area contributed by atoms with Crippen LogP contribution in [0, 0.1) is 0 Å². The molecule has 0 spiro atoms. The fraction of sp³-hybridized carbons (Fsp3) is 0.235. The van der Waals surface area contributed by atoms with Crippen molar-refractivity contribution in [3.8, 4) is 0 Å². The summed E-state index contributed by atoms with van der Waals surface area (Å²) in [7, 11) is 1.62. The molecule has 1 aliphatic heterocycles. The number of hydrogen-bond acceptors (Lipinski definition) is 3. The molecule has 0 aromatic heterocycles. The highest BCUT2D eigenvalue weighted by Crippen LogP contribution is 2.36. The average Bonchev–Trinajstić information content (AvgIpc) is 2.53. The number of nitrogens with zero attached hydrogens (tertiary/aromatic N) is 1. The fourth-order valence-electron chi connectivity index (χ4n) is 2.87. The molecule has 2 aromatic carbocycles. The third kappa shape index (κ3) is 2.44. The van der Waals surface area contributed by atoms with Crippen LogP contribution in [-0.4, -0.2) is 19.5 Å². The summed E-state index contributed by atoms with van der Waals surface area (Å²) in [4.78, 5) is 13.9. The van der Waals surface area contributed by atoms with Crippen molar-refractivity contribution < 1.29 is 4.79 Å². The number of benzene rings is 2. The van der Waals surface area contributed by atoms with E-state index >= 15 is 0 Å². The molecule has 21 heavy (non-hydrogen) atoms. The largest absolute Gasteiger partial charge is 0.397 e. The number of rotatable bonds is 2. The zero-order valence-electron chi connectivity index (χ0n) is 12.1. The summed E-state index contributed by atoms with van der Waals surface area (Å²) in [5.41, 5.74) is 10.9. The summed E-state index contributed by atoms with van der Waals surface area (Å²) in [5, 5.41) is 2.62. The maximum absolute atomic E-state index is 11.7. The van der Waals surface area contributed by atoms with Crippen LogP contribution in [0.25, 0.3) is 0 Å². The highest BCUT2D eigenvalue weighted by atomic mass is 16.1. The van der Waals surface area contributed by atoms with Gasteiger partial charge in [-0.1, -0.05) is 18.2 Å². The normalized spacial score (nSPS) is 13.7. The molecule has 0 saturated carbocycles. The lowest BCUT2D eigenvalue weighted by Crippen LogP contribution is -2.25. The van der Waals surface area contributed by atoms with E-state index in [-0.39, 0.29) is 5.91 Å². The molecular weight excluding hydrogens is 262 g/mol. The van der Waals surface area contributed by atoms with Crippen molar-refractivity contribution in [3.63, 3.8) is 0 Å². The van der Waals surface area contributed by atoms with Gasteiger partial charge in [-0.2, -0.15) is 0 Å². The Morgan fingerprint density at radius 1 is 1.19 bits per heavy atom. The molecule has 0 bridgehead atoms. The van der Waals surface area contributed by atoms with Gasteiger partial charge in [-0.05, 0) is 42.7 Å². The molecular formula is C17H19N3O. The quantitative estimate of drug-likeness (QED) is 0.832. The van der Waals surface area contributed by atoms with Gasteiger partial charge in [0.2, 0.25) is 0 Å². The minimum Gasteiger partial charge on any atom is -0.397 e. The van der Waals surface area contributed by atoms with Crippen molar-refractivity contribution in [1.29, 1.82) is 0 Å². The first-order valence-electron chi connectivity index (χ1n) is 7.18. The molecule has 0 fully saturated rings. The molecule has 108 valence electrons. The van der Waals surface area contributed by atoms with Gasteiger partial charge >= 0.3 is 0 Å². The Morgan fingerprint density at radius 3 is 2.76 bits per heavy atom. The van der Waals surface area contributed by atoms with Gasteiger partial charge in [0, 0.05) is 24.8 Å². The second-order valence-electron chi connectivity index (χ2n) is 5.24. The Labute approximate surface area is 124 Å². The van der Waals surface area contributed by atoms with Crippen molar-refractivity contribution in [2.45, 2.75) is 12.8 Å². The lowest BCUT2D eigenvalue weighted by molar-refractivity contribution is 0.0963. The predicted molar refractivity (Wildman–Crippen MR) is 86.0 cm³/mol. The van der Waals surface area contributed by atoms with Gasteiger partial charge in [0.25, 0.3) is 5.91 Å². The van der Waals surface area contributed by atoms with E-state index in [1.165, 1.54) is 11.3 Å². The van der Waals surface area contributed by atoms with Gasteiger partial charge in [0.1, 0.15) is 0 Å². The first-order chi connectivity index (χ1) is 10.2. The summed E-state index contributed by atoms with van der Waals surface area (Å²) in [6.07, 6.45) is 2.20. The second-order valence-corrected chi connectivity index (χ2v) is 5.24. The van der Waals surface area contributed by atoms with E-state index < -0.39 is 0 Å². The minimum atomic E-state index is -0.118. The topological polar surface area (TPSA) is 58.4 Å². The van der Waals surface area contributed by atoms with Gasteiger partial charge in [0.05, 0.1) is 11.4 Å². The standard InChI is InChI=1S/C17H19N3O/c1-19-17(21)13-8-9-16(14(18)11-13)20-10-4-6-12-5-2-3-7-15(12)20/h2-3,5,7-9,11H,4,6,10,18H2,1H3,(H,19,21). The number of carbonyl (C=O) groups is 1. The summed E-state index contributed by atoms with van der Waals surface area (Å²) < 4.78 is 0. The Hall–Kier alpha value is -2.49. The molecule has 0 unspecified atom stereocenters. The SMILES string of the molecule is CNC(=O)c1ccc(N2CCCc3ccccc32)c(N)c1. The molecule has 4 nitrogen and oxygen atoms in total. The monoisotopic (exact) mass is 281 g/mol. The molecule has 3 rings (SSSR count). The Bertz CT molecular complexity index is 681. The number of nitrogen functional groups attached to an aromatic ring is 1. The molecule has 0 atom stereocenters. The Kier molecular flexibility index (Phi) is 3.52. The number of nitrogens with two attached hydrogens (primary N) is 1. The van der Waals surface area contributed by atoms with Crippen molar-refractivity contribution in [2.75, 3.05) is 24.2 Å². The Morgan fingerprint density at radius 2 is 2.00 bits per heavy atom. The van der Waals surface area contributed by atoms with E-state index in [1.54, 1.807) is 13.1 Å². The van der Waals surface area contributed by atoms with Crippen molar-refractivity contribution in [3.05, 3.63) is 53.6 Å². The molecule has 0 radical (unpaired) electrons. The summed E-state index contributed by atoms with van der Waals surface area (Å²) in [6, 6.07) is 13.9. The number of para-hydroxylation sites is 1. The smallest absolute Gasteiger partial charge is 0.251 e. The molecule has 3 N–H and O–H groups in total. The highest BCUT2D eigenvalue weighted by molar-refractivity contribution is 5.96. The van der Waals surface area contributed by atoms with Gasteiger partial charge in [-0.15, -0.1) is 0 Å².